The molecule has 5 rings (SSSR count). The van der Waals surface area contributed by atoms with E-state index < -0.39 is 17.9 Å². The number of halogens is 2. The van der Waals surface area contributed by atoms with Crippen LogP contribution in [0, 0.1) is 0 Å². The fraction of sp³-hybridized carbons (Fsp3) is 0.115. The number of fused-ring (bicyclic) bond motifs is 2. The van der Waals surface area contributed by atoms with Gasteiger partial charge in [0.15, 0.2) is 5.43 Å². The van der Waals surface area contributed by atoms with E-state index in [4.69, 9.17) is 20.8 Å². The minimum atomic E-state index is -0.729. The summed E-state index contributed by atoms with van der Waals surface area (Å²) in [5, 5.41) is 0.702. The fourth-order valence-electron chi connectivity index (χ4n) is 4.18. The first-order valence-corrected chi connectivity index (χ1v) is 11.7. The predicted octanol–water partition coefficient (Wildman–Crippen LogP) is 6.14. The lowest BCUT2D eigenvalue weighted by atomic mass is 9.98. The van der Waals surface area contributed by atoms with Gasteiger partial charge in [-0.2, -0.15) is 0 Å². The van der Waals surface area contributed by atoms with Crippen molar-refractivity contribution in [2.75, 3.05) is 11.5 Å². The van der Waals surface area contributed by atoms with E-state index in [0.29, 0.717) is 21.7 Å². The molecule has 0 saturated carbocycles. The fourth-order valence-corrected chi connectivity index (χ4v) is 4.77. The molecule has 0 bridgehead atoms. The Hall–Kier alpha value is -3.42. The number of anilines is 1. The van der Waals surface area contributed by atoms with Crippen LogP contribution in [-0.2, 0) is 4.74 Å². The van der Waals surface area contributed by atoms with Gasteiger partial charge in [-0.1, -0.05) is 39.7 Å². The Balaban J connectivity index is 1.71. The maximum absolute atomic E-state index is 13.6. The molecule has 4 aromatic rings. The number of nitrogens with zero attached hydrogens (tertiary/aromatic N) is 1. The second kappa shape index (κ2) is 8.74. The Labute approximate surface area is 207 Å². The second-order valence-electron chi connectivity index (χ2n) is 7.71. The molecule has 1 aliphatic rings. The van der Waals surface area contributed by atoms with Crippen LogP contribution in [0.4, 0.5) is 5.69 Å². The quantitative estimate of drug-likeness (QED) is 0.292. The Kier molecular flexibility index (Phi) is 5.75. The van der Waals surface area contributed by atoms with Crippen LogP contribution in [0.5, 0.6) is 0 Å². The normalized spacial score (nSPS) is 15.0. The maximum Gasteiger partial charge on any atom is 0.338 e. The van der Waals surface area contributed by atoms with Crippen molar-refractivity contribution >= 4 is 56.1 Å². The Morgan fingerprint density at radius 3 is 2.56 bits per heavy atom. The molecule has 1 amide bonds. The molecule has 0 aliphatic carbocycles. The summed E-state index contributed by atoms with van der Waals surface area (Å²) in [6.07, 6.45) is 0. The summed E-state index contributed by atoms with van der Waals surface area (Å²) < 4.78 is 11.8. The topological polar surface area (TPSA) is 76.8 Å². The van der Waals surface area contributed by atoms with Gasteiger partial charge >= 0.3 is 5.97 Å². The monoisotopic (exact) mass is 537 g/mol. The maximum atomic E-state index is 13.6. The van der Waals surface area contributed by atoms with Gasteiger partial charge in [-0.15, -0.1) is 0 Å². The van der Waals surface area contributed by atoms with E-state index in [2.05, 4.69) is 15.9 Å². The highest BCUT2D eigenvalue weighted by Gasteiger charge is 2.43. The van der Waals surface area contributed by atoms with Gasteiger partial charge in [0.1, 0.15) is 5.58 Å². The molecule has 0 fully saturated rings. The zero-order valence-electron chi connectivity index (χ0n) is 17.9. The van der Waals surface area contributed by atoms with Gasteiger partial charge in [0.05, 0.1) is 29.2 Å². The van der Waals surface area contributed by atoms with Crippen molar-refractivity contribution in [2.24, 2.45) is 0 Å². The first kappa shape index (κ1) is 22.4. The van der Waals surface area contributed by atoms with Gasteiger partial charge in [0.25, 0.3) is 5.91 Å². The molecule has 0 saturated heterocycles. The lowest BCUT2D eigenvalue weighted by Gasteiger charge is -2.25. The Morgan fingerprint density at radius 2 is 1.85 bits per heavy atom. The third-order valence-electron chi connectivity index (χ3n) is 5.65. The third kappa shape index (κ3) is 3.71. The van der Waals surface area contributed by atoms with Gasteiger partial charge in [-0.25, -0.2) is 4.79 Å². The molecule has 0 radical (unpaired) electrons. The minimum absolute atomic E-state index is 0.0146. The van der Waals surface area contributed by atoms with Crippen molar-refractivity contribution < 1.29 is 18.7 Å². The summed E-state index contributed by atoms with van der Waals surface area (Å²) in [7, 11) is 0. The average Bonchev–Trinajstić information content (AvgIpc) is 3.12. The van der Waals surface area contributed by atoms with Gasteiger partial charge < -0.3 is 9.15 Å². The van der Waals surface area contributed by atoms with Gasteiger partial charge in [0.2, 0.25) is 5.76 Å². The molecule has 6 nitrogen and oxygen atoms in total. The molecular formula is C26H17BrClNO5. The van der Waals surface area contributed by atoms with Crippen LogP contribution < -0.4 is 10.3 Å². The molecule has 1 aliphatic heterocycles. The van der Waals surface area contributed by atoms with Crippen molar-refractivity contribution in [3.63, 3.8) is 0 Å². The van der Waals surface area contributed by atoms with Crippen LogP contribution in [0.15, 0.2) is 80.4 Å². The van der Waals surface area contributed by atoms with Crippen LogP contribution >= 0.6 is 27.5 Å². The molecule has 170 valence electrons. The van der Waals surface area contributed by atoms with Gasteiger partial charge in [-0.05, 0) is 67.1 Å². The van der Waals surface area contributed by atoms with E-state index >= 15 is 0 Å². The van der Waals surface area contributed by atoms with E-state index in [9.17, 15) is 14.4 Å². The number of rotatable bonds is 4. The van der Waals surface area contributed by atoms with Gasteiger partial charge in [-0.3, -0.25) is 14.5 Å². The number of amides is 1. The van der Waals surface area contributed by atoms with Crippen molar-refractivity contribution in [1.82, 2.24) is 0 Å². The largest absolute Gasteiger partial charge is 0.462 e. The summed E-state index contributed by atoms with van der Waals surface area (Å²) >= 11 is 9.60. The summed E-state index contributed by atoms with van der Waals surface area (Å²) in [6, 6.07) is 17.9. The first-order chi connectivity index (χ1) is 16.4. The standard InChI is InChI=1S/C26H17BrClNO5/c1-2-33-26(32)14-6-9-18(10-7-14)29-22(15-4-3-5-16(27)12-15)21-23(30)19-13-17(28)8-11-20(19)34-24(21)25(29)31/h3-13,22H,2H2,1H3. The van der Waals surface area contributed by atoms with Crippen molar-refractivity contribution in [1.29, 1.82) is 0 Å². The van der Waals surface area contributed by atoms with Crippen molar-refractivity contribution in [2.45, 2.75) is 13.0 Å². The number of ether oxygens (including phenoxy) is 1. The Morgan fingerprint density at radius 1 is 1.09 bits per heavy atom. The number of carbonyl (C=O) groups excluding carboxylic acids is 2. The lowest BCUT2D eigenvalue weighted by molar-refractivity contribution is 0.0526. The summed E-state index contributed by atoms with van der Waals surface area (Å²) in [5.41, 5.74) is 1.81. The van der Waals surface area contributed by atoms with Crippen LogP contribution in [-0.4, -0.2) is 18.5 Å². The van der Waals surface area contributed by atoms with E-state index in [1.54, 1.807) is 49.4 Å². The van der Waals surface area contributed by atoms with Crippen LogP contribution in [0.2, 0.25) is 5.02 Å². The summed E-state index contributed by atoms with van der Waals surface area (Å²) in [6.45, 7) is 1.99. The molecular weight excluding hydrogens is 522 g/mol. The molecule has 3 aromatic carbocycles. The summed E-state index contributed by atoms with van der Waals surface area (Å²) in [4.78, 5) is 40.8. The third-order valence-corrected chi connectivity index (χ3v) is 6.38. The molecule has 34 heavy (non-hydrogen) atoms. The smallest absolute Gasteiger partial charge is 0.338 e. The SMILES string of the molecule is CCOC(=O)c1ccc(N2C(=O)c3oc4ccc(Cl)cc4c(=O)c3C2c2cccc(Br)c2)cc1. The number of carbonyl (C=O) groups is 2. The van der Waals surface area contributed by atoms with Crippen LogP contribution in [0.1, 0.15) is 45.0 Å². The zero-order valence-corrected chi connectivity index (χ0v) is 20.2. The summed E-state index contributed by atoms with van der Waals surface area (Å²) in [5.74, 6) is -0.911. The second-order valence-corrected chi connectivity index (χ2v) is 9.07. The molecule has 0 N–H and O–H groups in total. The molecule has 0 spiro atoms. The van der Waals surface area contributed by atoms with E-state index in [1.807, 2.05) is 24.3 Å². The van der Waals surface area contributed by atoms with E-state index in [1.165, 1.54) is 4.90 Å². The van der Waals surface area contributed by atoms with Gasteiger partial charge in [0, 0.05) is 15.2 Å². The molecule has 1 atom stereocenters. The predicted molar refractivity (Wildman–Crippen MR) is 133 cm³/mol. The Bertz CT molecular complexity index is 1510. The molecule has 1 unspecified atom stereocenters. The highest BCUT2D eigenvalue weighted by Crippen LogP contribution is 2.42. The number of benzene rings is 3. The average molecular weight is 539 g/mol. The first-order valence-electron chi connectivity index (χ1n) is 10.5. The lowest BCUT2D eigenvalue weighted by Crippen LogP contribution is -2.29. The molecule has 1 aromatic heterocycles. The van der Waals surface area contributed by atoms with Crippen molar-refractivity contribution in [3.05, 3.63) is 109 Å². The van der Waals surface area contributed by atoms with Crippen molar-refractivity contribution in [3.8, 4) is 0 Å². The zero-order chi connectivity index (χ0) is 24.0. The number of esters is 1. The molecule has 2 heterocycles. The highest BCUT2D eigenvalue weighted by molar-refractivity contribution is 9.10. The molecule has 8 heteroatoms. The van der Waals surface area contributed by atoms with Crippen LogP contribution in [0.3, 0.4) is 0 Å². The van der Waals surface area contributed by atoms with E-state index in [-0.39, 0.29) is 28.9 Å². The van der Waals surface area contributed by atoms with E-state index in [0.717, 1.165) is 10.0 Å². The number of hydrogen-bond acceptors (Lipinski definition) is 5. The number of hydrogen-bond donors (Lipinski definition) is 0. The minimum Gasteiger partial charge on any atom is -0.462 e. The van der Waals surface area contributed by atoms with Crippen LogP contribution in [0.25, 0.3) is 11.0 Å². The highest BCUT2D eigenvalue weighted by atomic mass is 79.9.